The van der Waals surface area contributed by atoms with Crippen LogP contribution in [0.3, 0.4) is 0 Å². The third-order valence-electron chi connectivity index (χ3n) is 2.81. The molecule has 5 heteroatoms. The lowest BCUT2D eigenvalue weighted by molar-refractivity contribution is 0.102. The molecular weight excluding hydrogens is 245 g/mol. The molecule has 2 rings (SSSR count). The second-order valence-corrected chi connectivity index (χ2v) is 4.45. The van der Waals surface area contributed by atoms with E-state index < -0.39 is 0 Å². The lowest BCUT2D eigenvalue weighted by atomic mass is 10.1. The molecule has 0 unspecified atom stereocenters. The molecule has 0 aliphatic carbocycles. The topological polar surface area (TPSA) is 57.8 Å². The number of nitrogens with zero attached hydrogens (tertiary/aromatic N) is 1. The van der Waals surface area contributed by atoms with Crippen LogP contribution in [0, 0.1) is 12.7 Å². The van der Waals surface area contributed by atoms with Crippen LogP contribution in [-0.2, 0) is 6.42 Å². The molecule has 0 saturated carbocycles. The van der Waals surface area contributed by atoms with Crippen molar-refractivity contribution in [2.75, 3.05) is 5.32 Å². The quantitative estimate of drug-likeness (QED) is 0.888. The minimum absolute atomic E-state index is 0.294. The Hall–Kier alpha value is -2.17. The molecule has 2 aromatic rings. The van der Waals surface area contributed by atoms with Crippen molar-refractivity contribution in [1.29, 1.82) is 0 Å². The van der Waals surface area contributed by atoms with Crippen LogP contribution in [0.2, 0.25) is 0 Å². The Kier molecular flexibility index (Phi) is 3.94. The van der Waals surface area contributed by atoms with Gasteiger partial charge in [0.1, 0.15) is 5.82 Å². The summed E-state index contributed by atoms with van der Waals surface area (Å²) in [5.74, 6) is -0.130. The summed E-state index contributed by atoms with van der Waals surface area (Å²) in [5, 5.41) is 9.55. The summed E-state index contributed by atoms with van der Waals surface area (Å²) in [4.78, 5) is 12.0. The van der Waals surface area contributed by atoms with Gasteiger partial charge in [-0.3, -0.25) is 9.89 Å². The fourth-order valence-electron chi connectivity index (χ4n) is 1.80. The maximum absolute atomic E-state index is 13.1. The van der Waals surface area contributed by atoms with Crippen molar-refractivity contribution in [1.82, 2.24) is 10.2 Å². The van der Waals surface area contributed by atoms with Crippen LogP contribution >= 0.6 is 0 Å². The van der Waals surface area contributed by atoms with Crippen LogP contribution in [0.5, 0.6) is 0 Å². The molecule has 1 aromatic carbocycles. The molecule has 19 heavy (non-hydrogen) atoms. The van der Waals surface area contributed by atoms with Crippen LogP contribution in [0.4, 0.5) is 10.2 Å². The number of amides is 1. The largest absolute Gasteiger partial charge is 0.305 e. The Labute approximate surface area is 111 Å². The van der Waals surface area contributed by atoms with Crippen LogP contribution in [0.1, 0.15) is 35.0 Å². The maximum Gasteiger partial charge on any atom is 0.256 e. The number of aryl methyl sites for hydroxylation is 2. The lowest BCUT2D eigenvalue weighted by Gasteiger charge is -2.03. The molecule has 4 nitrogen and oxygen atoms in total. The molecule has 0 radical (unpaired) electrons. The monoisotopic (exact) mass is 261 g/mol. The standard InChI is InChI=1S/C14H16FN3O/c1-3-4-11-8-13(18-17-11)16-14(19)10-5-6-12(15)9(2)7-10/h5-8H,3-4H2,1-2H3,(H2,16,17,18,19). The number of aromatic nitrogens is 2. The fourth-order valence-corrected chi connectivity index (χ4v) is 1.80. The molecular formula is C14H16FN3O. The Morgan fingerprint density at radius 1 is 1.42 bits per heavy atom. The van der Waals surface area contributed by atoms with E-state index >= 15 is 0 Å². The predicted octanol–water partition coefficient (Wildman–Crippen LogP) is 3.06. The maximum atomic E-state index is 13.1. The molecule has 100 valence electrons. The second-order valence-electron chi connectivity index (χ2n) is 4.45. The number of hydrogen-bond acceptors (Lipinski definition) is 2. The van der Waals surface area contributed by atoms with Crippen molar-refractivity contribution < 1.29 is 9.18 Å². The van der Waals surface area contributed by atoms with E-state index in [1.165, 1.54) is 18.2 Å². The van der Waals surface area contributed by atoms with E-state index in [9.17, 15) is 9.18 Å². The van der Waals surface area contributed by atoms with Crippen molar-refractivity contribution in [3.8, 4) is 0 Å². The number of benzene rings is 1. The van der Waals surface area contributed by atoms with E-state index in [4.69, 9.17) is 0 Å². The number of nitrogens with one attached hydrogen (secondary N) is 2. The Bertz CT molecular complexity index is 592. The molecule has 1 amide bonds. The number of hydrogen-bond donors (Lipinski definition) is 2. The van der Waals surface area contributed by atoms with E-state index in [0.717, 1.165) is 18.5 Å². The van der Waals surface area contributed by atoms with Crippen molar-refractivity contribution in [3.63, 3.8) is 0 Å². The normalized spacial score (nSPS) is 10.5. The Balaban J connectivity index is 2.09. The SMILES string of the molecule is CCCc1cc(NC(=O)c2ccc(F)c(C)c2)n[nH]1. The summed E-state index contributed by atoms with van der Waals surface area (Å²) in [7, 11) is 0. The molecule has 0 aliphatic heterocycles. The van der Waals surface area contributed by atoms with E-state index in [-0.39, 0.29) is 11.7 Å². The highest BCUT2D eigenvalue weighted by molar-refractivity contribution is 6.03. The Morgan fingerprint density at radius 2 is 2.21 bits per heavy atom. The van der Waals surface area contributed by atoms with Crippen molar-refractivity contribution in [3.05, 3.63) is 46.9 Å². The first-order valence-electron chi connectivity index (χ1n) is 6.22. The number of carbonyl (C=O) groups is 1. The molecule has 1 aromatic heterocycles. The number of rotatable bonds is 4. The second kappa shape index (κ2) is 5.65. The van der Waals surface area contributed by atoms with Crippen molar-refractivity contribution in [2.24, 2.45) is 0 Å². The molecule has 0 spiro atoms. The summed E-state index contributed by atoms with van der Waals surface area (Å²) in [6, 6.07) is 6.07. The van der Waals surface area contributed by atoms with Gasteiger partial charge >= 0.3 is 0 Å². The van der Waals surface area contributed by atoms with E-state index in [1.807, 2.05) is 0 Å². The van der Waals surface area contributed by atoms with Gasteiger partial charge in [-0.15, -0.1) is 0 Å². The smallest absolute Gasteiger partial charge is 0.256 e. The predicted molar refractivity (Wildman–Crippen MR) is 71.7 cm³/mol. The highest BCUT2D eigenvalue weighted by Crippen LogP contribution is 2.12. The van der Waals surface area contributed by atoms with Gasteiger partial charge in [0.05, 0.1) is 0 Å². The van der Waals surface area contributed by atoms with Gasteiger partial charge in [0.2, 0.25) is 0 Å². The molecule has 0 saturated heterocycles. The number of H-pyrrole nitrogens is 1. The van der Waals surface area contributed by atoms with Gasteiger partial charge < -0.3 is 5.32 Å². The summed E-state index contributed by atoms with van der Waals surface area (Å²) in [5.41, 5.74) is 1.84. The minimum Gasteiger partial charge on any atom is -0.305 e. The van der Waals surface area contributed by atoms with E-state index in [2.05, 4.69) is 22.4 Å². The summed E-state index contributed by atoms with van der Waals surface area (Å²) in [6.45, 7) is 3.69. The highest BCUT2D eigenvalue weighted by atomic mass is 19.1. The number of halogens is 1. The molecule has 0 fully saturated rings. The summed E-state index contributed by atoms with van der Waals surface area (Å²) in [6.07, 6.45) is 1.89. The zero-order valence-electron chi connectivity index (χ0n) is 11.0. The lowest BCUT2D eigenvalue weighted by Crippen LogP contribution is -2.12. The third-order valence-corrected chi connectivity index (χ3v) is 2.81. The average molecular weight is 261 g/mol. The van der Waals surface area contributed by atoms with Gasteiger partial charge in [0.15, 0.2) is 5.82 Å². The van der Waals surface area contributed by atoms with Gasteiger partial charge in [-0.05, 0) is 37.1 Å². The first-order valence-corrected chi connectivity index (χ1v) is 6.22. The van der Waals surface area contributed by atoms with Gasteiger partial charge in [0.25, 0.3) is 5.91 Å². The number of carbonyl (C=O) groups excluding carboxylic acids is 1. The van der Waals surface area contributed by atoms with Crippen molar-refractivity contribution >= 4 is 11.7 Å². The van der Waals surface area contributed by atoms with Crippen LogP contribution in [-0.4, -0.2) is 16.1 Å². The van der Waals surface area contributed by atoms with Gasteiger partial charge in [-0.2, -0.15) is 5.10 Å². The molecule has 1 heterocycles. The van der Waals surface area contributed by atoms with Gasteiger partial charge in [-0.1, -0.05) is 13.3 Å². The average Bonchev–Trinajstić information content (AvgIpc) is 2.80. The zero-order chi connectivity index (χ0) is 13.8. The first kappa shape index (κ1) is 13.3. The molecule has 0 atom stereocenters. The number of aromatic amines is 1. The van der Waals surface area contributed by atoms with Crippen LogP contribution < -0.4 is 5.32 Å². The zero-order valence-corrected chi connectivity index (χ0v) is 11.0. The first-order chi connectivity index (χ1) is 9.10. The number of anilines is 1. The molecule has 0 bridgehead atoms. The fraction of sp³-hybridized carbons (Fsp3) is 0.286. The van der Waals surface area contributed by atoms with Gasteiger partial charge in [-0.25, -0.2) is 4.39 Å². The molecule has 2 N–H and O–H groups in total. The van der Waals surface area contributed by atoms with E-state index in [1.54, 1.807) is 13.0 Å². The van der Waals surface area contributed by atoms with Crippen molar-refractivity contribution in [2.45, 2.75) is 26.7 Å². The summed E-state index contributed by atoms with van der Waals surface area (Å²) >= 11 is 0. The van der Waals surface area contributed by atoms with Crippen LogP contribution in [0.15, 0.2) is 24.3 Å². The minimum atomic E-state index is -0.318. The molecule has 0 aliphatic rings. The highest BCUT2D eigenvalue weighted by Gasteiger charge is 2.10. The van der Waals surface area contributed by atoms with Crippen LogP contribution in [0.25, 0.3) is 0 Å². The third kappa shape index (κ3) is 3.19. The van der Waals surface area contributed by atoms with E-state index in [0.29, 0.717) is 16.9 Å². The summed E-state index contributed by atoms with van der Waals surface area (Å²) < 4.78 is 13.1. The Morgan fingerprint density at radius 3 is 2.89 bits per heavy atom. The van der Waals surface area contributed by atoms with Gasteiger partial charge in [0, 0.05) is 17.3 Å².